The highest BCUT2D eigenvalue weighted by molar-refractivity contribution is 6.99. The van der Waals surface area contributed by atoms with Gasteiger partial charge < -0.3 is 27.5 Å². The van der Waals surface area contributed by atoms with Crippen molar-refractivity contribution >= 4 is 47.1 Å². The van der Waals surface area contributed by atoms with Crippen molar-refractivity contribution in [1.82, 2.24) is 0 Å². The van der Waals surface area contributed by atoms with Gasteiger partial charge in [0.1, 0.15) is 0 Å². The van der Waals surface area contributed by atoms with Crippen LogP contribution in [0.2, 0.25) is 41.3 Å². The summed E-state index contributed by atoms with van der Waals surface area (Å²) in [6.45, 7) is 35.3. The number of unbranched alkanes of at least 4 members (excludes halogenated alkanes) is 2. The van der Waals surface area contributed by atoms with Crippen molar-refractivity contribution in [2.75, 3.05) is 13.7 Å². The second-order valence-corrected chi connectivity index (χ2v) is 35.4. The molecule has 6 atom stereocenters. The Morgan fingerprint density at radius 2 is 1.30 bits per heavy atom. The van der Waals surface area contributed by atoms with E-state index in [0.29, 0.717) is 12.8 Å². The normalized spacial score (nSPS) is 20.4. The van der Waals surface area contributed by atoms with E-state index < -0.39 is 48.4 Å². The van der Waals surface area contributed by atoms with E-state index in [1.54, 1.807) is 7.11 Å². The van der Waals surface area contributed by atoms with E-state index >= 15 is 4.79 Å². The lowest BCUT2D eigenvalue weighted by atomic mass is 9.74. The first-order valence-electron chi connectivity index (χ1n) is 27.0. The minimum Gasteiger partial charge on any atom is -0.466 e. The monoisotopic (exact) mass is 1010 g/mol. The molecule has 0 aliphatic carbocycles. The smallest absolute Gasteiger partial charge is 0.311 e. The average Bonchev–Trinajstić information content (AvgIpc) is 3.34. The first kappa shape index (κ1) is 60.8. The van der Waals surface area contributed by atoms with Gasteiger partial charge in [0.2, 0.25) is 0 Å². The summed E-state index contributed by atoms with van der Waals surface area (Å²) in [5, 5.41) is 2.11. The third-order valence-electron chi connectivity index (χ3n) is 15.9. The quantitative estimate of drug-likeness (QED) is 0.0251. The second-order valence-electron chi connectivity index (χ2n) is 21.8. The Bertz CT molecular complexity index is 1850. The van der Waals surface area contributed by atoms with E-state index in [4.69, 9.17) is 27.5 Å². The number of rotatable bonds is 30. The standard InChI is InChI=1S/C58H98O8Si3/c1-18-26-29-34-48(64-67(20-3,21-4)22-5)40-39-45(9)54(60)57(15,16)55(66-68(23-6,24-7)25-8)47(11)41-46(10)52-42-49(43-58(61-17,63-52)44-53(59)62-19-2)65-69(56(12,13)14,50-35-30-27-31-36-50)51-37-32-28-33-38-51/h27-28,30-33,35-39,41,47-49,52,55H,18-26,29,34,40,42-44H2,1-17H3/b45-39+,46-41+/t47-,48+,49-,52-,55+,58+/m0/s1. The van der Waals surface area contributed by atoms with Crippen LogP contribution in [0.4, 0.5) is 0 Å². The second kappa shape index (κ2) is 27.5. The Kier molecular flexibility index (Phi) is 24.3. The van der Waals surface area contributed by atoms with E-state index in [9.17, 15) is 4.79 Å². The molecule has 11 heteroatoms. The van der Waals surface area contributed by atoms with Gasteiger partial charge in [-0.05, 0) is 96.4 Å². The Morgan fingerprint density at radius 1 is 0.783 bits per heavy atom. The summed E-state index contributed by atoms with van der Waals surface area (Å²) in [4.78, 5) is 28.5. The van der Waals surface area contributed by atoms with Crippen LogP contribution in [0.15, 0.2) is 84.0 Å². The molecule has 0 saturated carbocycles. The SMILES string of the molecule is CCCCC[C@H](C/C=C(\C)C(=O)C(C)(C)[C@H](O[Si](CC)(CC)CC)[C@@H](C)/C=C(\C)[C@@H]1C[C@H](O[Si](c2ccccc2)(c2ccccc2)C(C)(C)C)C[C@@](CC(=O)OCC)(OC)O1)O[Si](CC)(CC)CC. The Balaban J connectivity index is 2.17. The van der Waals surface area contributed by atoms with Gasteiger partial charge >= 0.3 is 5.97 Å². The molecule has 1 heterocycles. The fraction of sp³-hybridized carbons (Fsp3) is 0.690. The van der Waals surface area contributed by atoms with Gasteiger partial charge in [-0.2, -0.15) is 0 Å². The minimum atomic E-state index is -3.02. The molecule has 3 rings (SSSR count). The zero-order chi connectivity index (χ0) is 51.7. The molecule has 0 amide bonds. The van der Waals surface area contributed by atoms with Crippen LogP contribution in [-0.2, 0) is 37.1 Å². The maximum atomic E-state index is 15.1. The van der Waals surface area contributed by atoms with E-state index in [1.165, 1.54) is 23.2 Å². The predicted molar refractivity (Wildman–Crippen MR) is 296 cm³/mol. The number of ether oxygens (including phenoxy) is 3. The minimum absolute atomic E-state index is 0.0726. The number of benzene rings is 2. The van der Waals surface area contributed by atoms with Gasteiger partial charge in [-0.15, -0.1) is 0 Å². The largest absolute Gasteiger partial charge is 0.466 e. The van der Waals surface area contributed by atoms with E-state index in [0.717, 1.165) is 66.7 Å². The molecule has 1 aliphatic heterocycles. The fourth-order valence-corrected chi connectivity index (χ4v) is 21.8. The molecular weight excluding hydrogens is 909 g/mol. The molecule has 0 N–H and O–H groups in total. The number of carbonyl (C=O) groups is 2. The van der Waals surface area contributed by atoms with Crippen molar-refractivity contribution in [2.24, 2.45) is 11.3 Å². The highest BCUT2D eigenvalue weighted by Crippen LogP contribution is 2.44. The van der Waals surface area contributed by atoms with Crippen LogP contribution in [0.5, 0.6) is 0 Å². The first-order valence-corrected chi connectivity index (χ1v) is 34.0. The van der Waals surface area contributed by atoms with E-state index in [2.05, 4.69) is 170 Å². The molecule has 1 saturated heterocycles. The van der Waals surface area contributed by atoms with Gasteiger partial charge in [0.15, 0.2) is 28.2 Å². The summed E-state index contributed by atoms with van der Waals surface area (Å²) in [5.74, 6) is -1.71. The van der Waals surface area contributed by atoms with Crippen molar-refractivity contribution in [2.45, 2.75) is 234 Å². The Morgan fingerprint density at radius 3 is 1.77 bits per heavy atom. The van der Waals surface area contributed by atoms with Crippen molar-refractivity contribution in [3.63, 3.8) is 0 Å². The lowest BCUT2D eigenvalue weighted by Gasteiger charge is -2.50. The summed E-state index contributed by atoms with van der Waals surface area (Å²) in [6.07, 6.45) is 9.45. The van der Waals surface area contributed by atoms with Gasteiger partial charge in [-0.25, -0.2) is 0 Å². The Labute approximate surface area is 424 Å². The average molecular weight is 1010 g/mol. The third-order valence-corrected chi connectivity index (χ3v) is 30.3. The zero-order valence-electron chi connectivity index (χ0n) is 46.7. The van der Waals surface area contributed by atoms with Crippen molar-refractivity contribution in [3.05, 3.63) is 84.0 Å². The molecule has 0 unspecified atom stereocenters. The highest BCUT2D eigenvalue weighted by atomic mass is 28.4. The lowest BCUT2D eigenvalue weighted by Crippen LogP contribution is -2.68. The molecule has 2 aromatic carbocycles. The topological polar surface area (TPSA) is 89.5 Å². The van der Waals surface area contributed by atoms with E-state index in [-0.39, 0.29) is 47.9 Å². The third kappa shape index (κ3) is 15.5. The molecule has 0 aromatic heterocycles. The van der Waals surface area contributed by atoms with Gasteiger partial charge in [0.25, 0.3) is 8.32 Å². The van der Waals surface area contributed by atoms with Gasteiger partial charge in [0, 0.05) is 32.0 Å². The van der Waals surface area contributed by atoms with E-state index in [1.807, 2.05) is 13.8 Å². The maximum absolute atomic E-state index is 15.1. The van der Waals surface area contributed by atoms with Crippen LogP contribution in [0.1, 0.15) is 162 Å². The first-order chi connectivity index (χ1) is 32.6. The molecule has 0 bridgehead atoms. The van der Waals surface area contributed by atoms with Crippen LogP contribution in [0.3, 0.4) is 0 Å². The summed E-state index contributed by atoms with van der Waals surface area (Å²) in [7, 11) is -5.47. The molecule has 8 nitrogen and oxygen atoms in total. The molecule has 69 heavy (non-hydrogen) atoms. The van der Waals surface area contributed by atoms with Gasteiger partial charge in [-0.1, -0.05) is 182 Å². The summed E-state index contributed by atoms with van der Waals surface area (Å²) in [5.41, 5.74) is 0.929. The van der Waals surface area contributed by atoms with Gasteiger partial charge in [-0.3, -0.25) is 9.59 Å². The number of hydrogen-bond acceptors (Lipinski definition) is 8. The molecule has 0 radical (unpaired) electrons. The summed E-state index contributed by atoms with van der Waals surface area (Å²) < 4.78 is 41.3. The molecule has 1 fully saturated rings. The summed E-state index contributed by atoms with van der Waals surface area (Å²) >= 11 is 0. The number of methoxy groups -OCH3 is 1. The molecule has 390 valence electrons. The number of esters is 1. The number of carbonyl (C=O) groups excluding carboxylic acids is 2. The Hall–Kier alpha value is -2.49. The van der Waals surface area contributed by atoms with Gasteiger partial charge in [0.05, 0.1) is 36.8 Å². The number of hydrogen-bond donors (Lipinski definition) is 0. The van der Waals surface area contributed by atoms with Crippen LogP contribution in [0, 0.1) is 11.3 Å². The van der Waals surface area contributed by atoms with Crippen molar-refractivity contribution in [3.8, 4) is 0 Å². The molecule has 0 spiro atoms. The zero-order valence-corrected chi connectivity index (χ0v) is 49.7. The predicted octanol–water partition coefficient (Wildman–Crippen LogP) is 14.3. The van der Waals surface area contributed by atoms with Crippen LogP contribution >= 0.6 is 0 Å². The number of Topliss-reactive ketones (excluding diaryl/α,β-unsaturated/α-hetero) is 1. The lowest BCUT2D eigenvalue weighted by molar-refractivity contribution is -0.278. The molecule has 1 aliphatic rings. The highest BCUT2D eigenvalue weighted by Gasteiger charge is 2.55. The van der Waals surface area contributed by atoms with Crippen molar-refractivity contribution < 1.29 is 37.1 Å². The fourth-order valence-electron chi connectivity index (χ4n) is 11.1. The molecule has 2 aromatic rings. The van der Waals surface area contributed by atoms with Crippen molar-refractivity contribution in [1.29, 1.82) is 0 Å². The number of ketones is 1. The van der Waals surface area contributed by atoms with Crippen LogP contribution in [-0.4, -0.2) is 80.6 Å². The van der Waals surface area contributed by atoms with Crippen LogP contribution < -0.4 is 10.4 Å². The molecular formula is C58H98O8Si3. The maximum Gasteiger partial charge on any atom is 0.311 e. The summed E-state index contributed by atoms with van der Waals surface area (Å²) in [6, 6.07) is 27.6. The number of allylic oxidation sites excluding steroid dienone is 1. The van der Waals surface area contributed by atoms with Crippen LogP contribution in [0.25, 0.3) is 0 Å².